The fourth-order valence-corrected chi connectivity index (χ4v) is 5.09. The monoisotopic (exact) mass is 510 g/mol. The first kappa shape index (κ1) is 23.0. The van der Waals surface area contributed by atoms with Crippen LogP contribution < -0.4 is 5.73 Å². The number of rotatable bonds is 5. The zero-order chi connectivity index (χ0) is 26.6. The molecule has 0 aliphatic carbocycles. The average molecular weight is 511 g/mol. The minimum absolute atomic E-state index is 0.523. The lowest BCUT2D eigenvalue weighted by molar-refractivity contribution is 0.583. The summed E-state index contributed by atoms with van der Waals surface area (Å²) in [4.78, 5) is 4.67. The van der Waals surface area contributed by atoms with E-state index in [9.17, 15) is 0 Å². The lowest BCUT2D eigenvalue weighted by Crippen LogP contribution is -2.26. The van der Waals surface area contributed by atoms with E-state index in [0.29, 0.717) is 5.70 Å². The van der Waals surface area contributed by atoms with Crippen molar-refractivity contribution >= 4 is 55.8 Å². The second-order valence-corrected chi connectivity index (χ2v) is 10.2. The highest BCUT2D eigenvalue weighted by Crippen LogP contribution is 2.35. The van der Waals surface area contributed by atoms with Crippen LogP contribution in [-0.4, -0.2) is 16.0 Å². The van der Waals surface area contributed by atoms with Gasteiger partial charge in [-0.05, 0) is 50.3 Å². The zero-order valence-corrected chi connectivity index (χ0v) is 21.6. The first-order valence-electron chi connectivity index (χ1n) is 12.9. The largest absolute Gasteiger partial charge is 0.454 e. The second-order valence-electron chi connectivity index (χ2n) is 10.2. The molecule has 0 amide bonds. The van der Waals surface area contributed by atoms with Crippen LogP contribution in [0.25, 0.3) is 49.6 Å². The van der Waals surface area contributed by atoms with Crippen LogP contribution in [-0.2, 0) is 5.41 Å². The molecule has 0 bridgehead atoms. The highest BCUT2D eigenvalue weighted by atomic mass is 16.3. The number of benzene rings is 4. The van der Waals surface area contributed by atoms with Gasteiger partial charge in [0.2, 0.25) is 0 Å². The number of aromatic nitrogens is 2. The van der Waals surface area contributed by atoms with Crippen molar-refractivity contribution in [2.75, 3.05) is 0 Å². The molecule has 6 heteroatoms. The van der Waals surface area contributed by atoms with E-state index in [0.717, 1.165) is 60.9 Å². The first-order valence-corrected chi connectivity index (χ1v) is 12.9. The maximum Gasteiger partial charge on any atom is 0.161 e. The molecule has 190 valence electrons. The predicted molar refractivity (Wildman–Crippen MR) is 158 cm³/mol. The summed E-state index contributed by atoms with van der Waals surface area (Å²) in [6.45, 7) is 4.11. The third-order valence-electron chi connectivity index (χ3n) is 7.43. The van der Waals surface area contributed by atoms with E-state index in [-0.39, 0.29) is 0 Å². The molecule has 0 aliphatic heterocycles. The van der Waals surface area contributed by atoms with Crippen LogP contribution in [0.4, 0.5) is 5.69 Å². The van der Waals surface area contributed by atoms with E-state index in [2.05, 4.69) is 43.1 Å². The summed E-state index contributed by atoms with van der Waals surface area (Å²) in [6, 6.07) is 30.2. The molecule has 7 aromatic rings. The van der Waals surface area contributed by atoms with Crippen LogP contribution in [0.5, 0.6) is 0 Å². The summed E-state index contributed by atoms with van der Waals surface area (Å²) in [5, 5.41) is 9.18. The second kappa shape index (κ2) is 8.74. The minimum atomic E-state index is -0.523. The first-order chi connectivity index (χ1) is 19.0. The highest BCUT2D eigenvalue weighted by Gasteiger charge is 2.27. The summed E-state index contributed by atoms with van der Waals surface area (Å²) in [7, 11) is 0. The molecule has 0 fully saturated rings. The number of furan rings is 2. The van der Waals surface area contributed by atoms with Gasteiger partial charge in [-0.25, -0.2) is 4.68 Å². The molecule has 3 heterocycles. The molecule has 0 saturated heterocycles. The van der Waals surface area contributed by atoms with Gasteiger partial charge in [0, 0.05) is 45.1 Å². The fraction of sp³-hybridized carbons (Fsp3) is 0.0909. The molecule has 0 spiro atoms. The van der Waals surface area contributed by atoms with Gasteiger partial charge in [0.05, 0.1) is 5.69 Å². The van der Waals surface area contributed by atoms with E-state index >= 15 is 0 Å². The number of nitrogens with two attached hydrogens (primary N) is 1. The quantitative estimate of drug-likeness (QED) is 0.237. The van der Waals surface area contributed by atoms with Crippen molar-refractivity contribution in [1.82, 2.24) is 9.78 Å². The number of para-hydroxylation sites is 4. The Labute approximate surface area is 224 Å². The molecule has 3 aromatic heterocycles. The Bertz CT molecular complexity index is 2070. The van der Waals surface area contributed by atoms with Crippen LogP contribution >= 0.6 is 0 Å². The number of aliphatic imine (C=N–C) groups is 1. The van der Waals surface area contributed by atoms with E-state index < -0.39 is 5.41 Å². The Morgan fingerprint density at radius 1 is 0.769 bits per heavy atom. The molecular formula is C33H26N4O2. The van der Waals surface area contributed by atoms with Gasteiger partial charge in [0.1, 0.15) is 22.5 Å². The third kappa shape index (κ3) is 3.72. The maximum absolute atomic E-state index is 6.59. The van der Waals surface area contributed by atoms with Crippen LogP contribution in [0.1, 0.15) is 19.5 Å². The molecular weight excluding hydrogens is 484 g/mol. The normalized spacial score (nSPS) is 13.0. The summed E-state index contributed by atoms with van der Waals surface area (Å²) in [6.07, 6.45) is 5.51. The van der Waals surface area contributed by atoms with Crippen molar-refractivity contribution in [3.8, 4) is 5.69 Å². The van der Waals surface area contributed by atoms with Crippen LogP contribution in [0.15, 0.2) is 123 Å². The van der Waals surface area contributed by atoms with Crippen molar-refractivity contribution in [3.05, 3.63) is 115 Å². The van der Waals surface area contributed by atoms with E-state index in [1.807, 2.05) is 83.7 Å². The highest BCUT2D eigenvalue weighted by molar-refractivity contribution is 6.09. The van der Waals surface area contributed by atoms with Gasteiger partial charge in [-0.1, -0.05) is 60.7 Å². The molecule has 6 nitrogen and oxygen atoms in total. The zero-order valence-electron chi connectivity index (χ0n) is 21.6. The maximum atomic E-state index is 6.59. The fourth-order valence-electron chi connectivity index (χ4n) is 5.09. The van der Waals surface area contributed by atoms with Crippen LogP contribution in [0, 0.1) is 0 Å². The summed E-state index contributed by atoms with van der Waals surface area (Å²) >= 11 is 0. The molecule has 7 rings (SSSR count). The van der Waals surface area contributed by atoms with E-state index in [1.54, 1.807) is 6.21 Å². The molecule has 39 heavy (non-hydrogen) atoms. The summed E-state index contributed by atoms with van der Waals surface area (Å²) < 4.78 is 14.1. The van der Waals surface area contributed by atoms with Gasteiger partial charge >= 0.3 is 0 Å². The Hall–Kier alpha value is -5.10. The third-order valence-corrected chi connectivity index (χ3v) is 7.43. The lowest BCUT2D eigenvalue weighted by Gasteiger charge is -2.22. The smallest absolute Gasteiger partial charge is 0.161 e. The SMILES string of the molecule is CC(C)(C(N)=CC=Nc1cccc2c1oc1ccccc12)c1ccn(-c2cccc3c2oc2ccccc23)n1. The van der Waals surface area contributed by atoms with Gasteiger partial charge in [-0.15, -0.1) is 0 Å². The Morgan fingerprint density at radius 3 is 2.13 bits per heavy atom. The standard InChI is InChI=1S/C33H26N4O2/c1-33(2,29(34)17-19-35-25-13-7-11-23-21-9-3-5-15-27(21)38-31(23)25)30-18-20-37(36-30)26-14-8-12-24-22-10-4-6-16-28(22)39-32(24)26/h3-20H,34H2,1-2H3. The molecule has 0 saturated carbocycles. The van der Waals surface area contributed by atoms with E-state index in [1.165, 1.54) is 0 Å². The number of nitrogens with zero attached hydrogens (tertiary/aromatic N) is 3. The lowest BCUT2D eigenvalue weighted by atomic mass is 9.86. The number of hydrogen-bond acceptors (Lipinski definition) is 5. The van der Waals surface area contributed by atoms with Crippen molar-refractivity contribution in [1.29, 1.82) is 0 Å². The molecule has 2 N–H and O–H groups in total. The van der Waals surface area contributed by atoms with Gasteiger partial charge in [0.25, 0.3) is 0 Å². The Kier molecular flexibility index (Phi) is 5.16. The van der Waals surface area contributed by atoms with Crippen molar-refractivity contribution < 1.29 is 8.83 Å². The number of fused-ring (bicyclic) bond motifs is 6. The molecule has 0 unspecified atom stereocenters. The average Bonchev–Trinajstić information content (AvgIpc) is 3.69. The van der Waals surface area contributed by atoms with Crippen LogP contribution in [0.3, 0.4) is 0 Å². The van der Waals surface area contributed by atoms with Gasteiger partial charge in [-0.3, -0.25) is 4.99 Å². The predicted octanol–water partition coefficient (Wildman–Crippen LogP) is 8.19. The van der Waals surface area contributed by atoms with Crippen molar-refractivity contribution in [3.63, 3.8) is 0 Å². The minimum Gasteiger partial charge on any atom is -0.454 e. The van der Waals surface area contributed by atoms with Crippen molar-refractivity contribution in [2.45, 2.75) is 19.3 Å². The molecule has 4 aromatic carbocycles. The van der Waals surface area contributed by atoms with Gasteiger partial charge in [-0.2, -0.15) is 5.10 Å². The van der Waals surface area contributed by atoms with E-state index in [4.69, 9.17) is 19.7 Å². The van der Waals surface area contributed by atoms with Gasteiger partial charge in [0.15, 0.2) is 11.2 Å². The van der Waals surface area contributed by atoms with Gasteiger partial charge < -0.3 is 14.6 Å². The molecule has 0 atom stereocenters. The van der Waals surface area contributed by atoms with Crippen molar-refractivity contribution in [2.24, 2.45) is 10.7 Å². The molecule has 0 aliphatic rings. The summed E-state index contributed by atoms with van der Waals surface area (Å²) in [5.41, 5.74) is 12.5. The topological polar surface area (TPSA) is 82.5 Å². The Morgan fingerprint density at radius 2 is 1.38 bits per heavy atom. The molecule has 0 radical (unpaired) electrons. The summed E-state index contributed by atoms with van der Waals surface area (Å²) in [5.74, 6) is 0. The van der Waals surface area contributed by atoms with Crippen LogP contribution in [0.2, 0.25) is 0 Å². The Balaban J connectivity index is 1.20. The number of hydrogen-bond donors (Lipinski definition) is 1. The number of allylic oxidation sites excluding steroid dienone is 2.